The second kappa shape index (κ2) is 4.67. The molecule has 0 aliphatic carbocycles. The van der Waals surface area contributed by atoms with Crippen molar-refractivity contribution in [3.05, 3.63) is 33.7 Å². The Morgan fingerprint density at radius 3 is 3.05 bits per heavy atom. The summed E-state index contributed by atoms with van der Waals surface area (Å²) in [5.41, 5.74) is 6.25. The van der Waals surface area contributed by atoms with Gasteiger partial charge in [0.2, 0.25) is 5.95 Å². The molecule has 0 fully saturated rings. The third-order valence-corrected chi connectivity index (χ3v) is 4.38. The molecule has 7 nitrogen and oxygen atoms in total. The van der Waals surface area contributed by atoms with Crippen molar-refractivity contribution in [2.45, 2.75) is 10.9 Å². The lowest BCUT2D eigenvalue weighted by molar-refractivity contribution is 0.795. The number of anilines is 1. The summed E-state index contributed by atoms with van der Waals surface area (Å²) in [6.45, 7) is 0. The highest BCUT2D eigenvalue weighted by Crippen LogP contribution is 2.20. The monoisotopic (exact) mass is 294 g/mol. The van der Waals surface area contributed by atoms with Crippen molar-refractivity contribution in [3.63, 3.8) is 0 Å². The first-order chi connectivity index (χ1) is 9.15. The lowest BCUT2D eigenvalue weighted by atomic mass is 10.4. The Hall–Kier alpha value is -1.87. The minimum Gasteiger partial charge on any atom is -0.368 e. The second-order valence-corrected chi connectivity index (χ2v) is 5.65. The number of thiazole rings is 1. The topological polar surface area (TPSA) is 91.1 Å². The SMILES string of the molecule is Cn1c(N)nnc1SCc1cc(=O)n2ccsc2n1. The zero-order valence-electron chi connectivity index (χ0n) is 9.98. The molecule has 0 saturated heterocycles. The number of rotatable bonds is 3. The highest BCUT2D eigenvalue weighted by molar-refractivity contribution is 7.98. The average Bonchev–Trinajstić information content (AvgIpc) is 2.97. The zero-order chi connectivity index (χ0) is 13.4. The van der Waals surface area contributed by atoms with E-state index in [0.29, 0.717) is 21.8 Å². The molecular weight excluding hydrogens is 284 g/mol. The second-order valence-electron chi connectivity index (χ2n) is 3.83. The molecule has 3 rings (SSSR count). The number of nitrogens with zero attached hydrogens (tertiary/aromatic N) is 5. The fourth-order valence-electron chi connectivity index (χ4n) is 1.55. The van der Waals surface area contributed by atoms with Crippen LogP contribution in [0.15, 0.2) is 27.6 Å². The van der Waals surface area contributed by atoms with Crippen LogP contribution in [0, 0.1) is 0 Å². The smallest absolute Gasteiger partial charge is 0.258 e. The van der Waals surface area contributed by atoms with Crippen LogP contribution in [-0.4, -0.2) is 24.1 Å². The van der Waals surface area contributed by atoms with Gasteiger partial charge in [0, 0.05) is 30.4 Å². The van der Waals surface area contributed by atoms with Gasteiger partial charge in [-0.3, -0.25) is 13.8 Å². The fraction of sp³-hybridized carbons (Fsp3) is 0.200. The van der Waals surface area contributed by atoms with Gasteiger partial charge in [0.05, 0.1) is 5.69 Å². The summed E-state index contributed by atoms with van der Waals surface area (Å²) in [6.07, 6.45) is 1.72. The number of nitrogen functional groups attached to an aromatic ring is 1. The summed E-state index contributed by atoms with van der Waals surface area (Å²) in [5, 5.41) is 10.3. The molecule has 0 aromatic carbocycles. The lowest BCUT2D eigenvalue weighted by Gasteiger charge is -2.01. The predicted octanol–water partition coefficient (Wildman–Crippen LogP) is 0.759. The number of aromatic nitrogens is 5. The molecule has 0 radical (unpaired) electrons. The normalized spacial score (nSPS) is 11.2. The third kappa shape index (κ3) is 2.22. The van der Waals surface area contributed by atoms with E-state index in [9.17, 15) is 4.79 Å². The quantitative estimate of drug-likeness (QED) is 0.717. The number of hydrogen-bond acceptors (Lipinski definition) is 7. The van der Waals surface area contributed by atoms with Crippen LogP contribution in [0.3, 0.4) is 0 Å². The van der Waals surface area contributed by atoms with E-state index in [1.807, 2.05) is 5.38 Å². The largest absolute Gasteiger partial charge is 0.368 e. The molecule has 0 aliphatic heterocycles. The molecule has 3 heterocycles. The Balaban J connectivity index is 1.85. The van der Waals surface area contributed by atoms with E-state index < -0.39 is 0 Å². The van der Waals surface area contributed by atoms with Crippen LogP contribution in [0.25, 0.3) is 4.96 Å². The van der Waals surface area contributed by atoms with Crippen molar-refractivity contribution in [2.75, 3.05) is 5.73 Å². The van der Waals surface area contributed by atoms with E-state index in [0.717, 1.165) is 5.69 Å². The van der Waals surface area contributed by atoms with Crippen molar-refractivity contribution in [1.29, 1.82) is 0 Å². The first kappa shape index (κ1) is 12.2. The van der Waals surface area contributed by atoms with Crippen molar-refractivity contribution in [1.82, 2.24) is 24.1 Å². The summed E-state index contributed by atoms with van der Waals surface area (Å²) < 4.78 is 3.22. The average molecular weight is 294 g/mol. The molecule has 19 heavy (non-hydrogen) atoms. The van der Waals surface area contributed by atoms with Gasteiger partial charge in [-0.2, -0.15) is 0 Å². The van der Waals surface area contributed by atoms with Crippen LogP contribution in [0.5, 0.6) is 0 Å². The Morgan fingerprint density at radius 2 is 2.32 bits per heavy atom. The Bertz CT molecular complexity index is 789. The fourth-order valence-corrected chi connectivity index (χ4v) is 3.10. The van der Waals surface area contributed by atoms with E-state index in [1.54, 1.807) is 17.8 Å². The molecule has 9 heteroatoms. The minimum absolute atomic E-state index is 0.0701. The predicted molar refractivity (Wildman–Crippen MR) is 74.3 cm³/mol. The summed E-state index contributed by atoms with van der Waals surface area (Å²) in [5.74, 6) is 0.916. The first-order valence-electron chi connectivity index (χ1n) is 5.38. The van der Waals surface area contributed by atoms with E-state index in [-0.39, 0.29) is 5.56 Å². The van der Waals surface area contributed by atoms with Crippen molar-refractivity contribution in [2.24, 2.45) is 7.05 Å². The van der Waals surface area contributed by atoms with E-state index in [2.05, 4.69) is 15.2 Å². The molecule has 2 N–H and O–H groups in total. The maximum atomic E-state index is 11.8. The summed E-state index contributed by atoms with van der Waals surface area (Å²) >= 11 is 2.88. The minimum atomic E-state index is -0.0701. The summed E-state index contributed by atoms with van der Waals surface area (Å²) in [6, 6.07) is 1.53. The summed E-state index contributed by atoms with van der Waals surface area (Å²) in [7, 11) is 1.79. The van der Waals surface area contributed by atoms with Gasteiger partial charge < -0.3 is 5.73 Å². The lowest BCUT2D eigenvalue weighted by Crippen LogP contribution is -2.12. The molecule has 0 bridgehead atoms. The van der Waals surface area contributed by atoms with Gasteiger partial charge in [-0.25, -0.2) is 4.98 Å². The van der Waals surface area contributed by atoms with Crippen molar-refractivity contribution < 1.29 is 0 Å². The van der Waals surface area contributed by atoms with E-state index >= 15 is 0 Å². The molecule has 98 valence electrons. The van der Waals surface area contributed by atoms with Crippen LogP contribution >= 0.6 is 23.1 Å². The van der Waals surface area contributed by atoms with Gasteiger partial charge in [0.1, 0.15) is 0 Å². The van der Waals surface area contributed by atoms with Crippen molar-refractivity contribution in [3.8, 4) is 0 Å². The van der Waals surface area contributed by atoms with Gasteiger partial charge in [0.25, 0.3) is 5.56 Å². The number of nitrogens with two attached hydrogens (primary N) is 1. The van der Waals surface area contributed by atoms with Crippen molar-refractivity contribution >= 4 is 34.0 Å². The third-order valence-electron chi connectivity index (χ3n) is 2.57. The van der Waals surface area contributed by atoms with Crippen LogP contribution in [-0.2, 0) is 12.8 Å². The molecule has 0 saturated carbocycles. The molecule has 0 amide bonds. The first-order valence-corrected chi connectivity index (χ1v) is 7.25. The molecule has 0 unspecified atom stereocenters. The standard InChI is InChI=1S/C10H10N6OS2/c1-15-8(11)13-14-10(15)19-5-6-4-7(17)16-2-3-18-9(16)12-6/h2-4H,5H2,1H3,(H2,11,13). The van der Waals surface area contributed by atoms with Crippen LogP contribution in [0.4, 0.5) is 5.95 Å². The number of thioether (sulfide) groups is 1. The molecule has 0 atom stereocenters. The molecular formula is C10H10N6OS2. The highest BCUT2D eigenvalue weighted by Gasteiger charge is 2.08. The molecule has 0 spiro atoms. The van der Waals surface area contributed by atoms with Gasteiger partial charge in [0.15, 0.2) is 10.1 Å². The van der Waals surface area contributed by atoms with Crippen LogP contribution in [0.2, 0.25) is 0 Å². The van der Waals surface area contributed by atoms with Gasteiger partial charge in [-0.1, -0.05) is 11.8 Å². The highest BCUT2D eigenvalue weighted by atomic mass is 32.2. The number of hydrogen-bond donors (Lipinski definition) is 1. The van der Waals surface area contributed by atoms with Crippen LogP contribution < -0.4 is 11.3 Å². The Morgan fingerprint density at radius 1 is 1.47 bits per heavy atom. The molecule has 3 aromatic heterocycles. The zero-order valence-corrected chi connectivity index (χ0v) is 11.6. The van der Waals surface area contributed by atoms with Crippen LogP contribution in [0.1, 0.15) is 5.69 Å². The Labute approximate surface area is 116 Å². The number of fused-ring (bicyclic) bond motifs is 1. The van der Waals surface area contributed by atoms with E-state index in [4.69, 9.17) is 5.73 Å². The van der Waals surface area contributed by atoms with Gasteiger partial charge >= 0.3 is 0 Å². The molecule has 3 aromatic rings. The maximum Gasteiger partial charge on any atom is 0.258 e. The van der Waals surface area contributed by atoms with Gasteiger partial charge in [-0.15, -0.1) is 21.5 Å². The van der Waals surface area contributed by atoms with E-state index in [1.165, 1.54) is 33.6 Å². The Kier molecular flexibility index (Phi) is 2.99. The maximum absolute atomic E-state index is 11.8. The van der Waals surface area contributed by atoms with Gasteiger partial charge in [-0.05, 0) is 0 Å². The molecule has 0 aliphatic rings. The summed E-state index contributed by atoms with van der Waals surface area (Å²) in [4.78, 5) is 16.9.